The third-order valence-corrected chi connectivity index (χ3v) is 4.66. The Hall–Kier alpha value is -3.15. The van der Waals surface area contributed by atoms with Gasteiger partial charge in [0, 0.05) is 12.0 Å². The van der Waals surface area contributed by atoms with Crippen molar-refractivity contribution in [2.24, 2.45) is 0 Å². The first-order valence-corrected chi connectivity index (χ1v) is 10.4. The van der Waals surface area contributed by atoms with Crippen molar-refractivity contribution in [3.63, 3.8) is 0 Å². The van der Waals surface area contributed by atoms with Crippen LogP contribution in [-0.2, 0) is 27.1 Å². The Balaban J connectivity index is 1.89. The molecule has 2 aromatic carbocycles. The van der Waals surface area contributed by atoms with Crippen LogP contribution in [0.5, 0.6) is 0 Å². The van der Waals surface area contributed by atoms with Crippen molar-refractivity contribution in [1.82, 2.24) is 5.32 Å². The van der Waals surface area contributed by atoms with Gasteiger partial charge in [-0.25, -0.2) is 9.59 Å². The van der Waals surface area contributed by atoms with Crippen LogP contribution >= 0.6 is 0 Å². The molecule has 31 heavy (non-hydrogen) atoms. The maximum atomic E-state index is 12.6. The molecule has 0 unspecified atom stereocenters. The Morgan fingerprint density at radius 3 is 2.03 bits per heavy atom. The van der Waals surface area contributed by atoms with Crippen LogP contribution < -0.4 is 5.32 Å². The lowest BCUT2D eigenvalue weighted by atomic mass is 9.99. The molecule has 0 spiro atoms. The number of hydrogen-bond acceptors (Lipinski definition) is 5. The number of carbonyl (C=O) groups excluding carboxylic acids is 3. The molecule has 0 bridgehead atoms. The predicted molar refractivity (Wildman–Crippen MR) is 119 cm³/mol. The number of methoxy groups -OCH3 is 1. The summed E-state index contributed by atoms with van der Waals surface area (Å²) in [5, 5.41) is 2.48. The SMILES string of the molecule is COC(=O)[C@H](CCC(=O)c1ccc(CCc2ccccc2)cc1)NC(=O)OC(C)(C)C. The maximum Gasteiger partial charge on any atom is 0.408 e. The Bertz CT molecular complexity index is 869. The van der Waals surface area contributed by atoms with E-state index in [-0.39, 0.29) is 18.6 Å². The number of rotatable bonds is 9. The van der Waals surface area contributed by atoms with Crippen LogP contribution in [0.4, 0.5) is 4.79 Å². The first-order valence-electron chi connectivity index (χ1n) is 10.4. The minimum atomic E-state index is -0.950. The summed E-state index contributed by atoms with van der Waals surface area (Å²) in [5.41, 5.74) is 2.31. The topological polar surface area (TPSA) is 81.7 Å². The Morgan fingerprint density at radius 1 is 0.903 bits per heavy atom. The van der Waals surface area contributed by atoms with E-state index < -0.39 is 23.7 Å². The van der Waals surface area contributed by atoms with Crippen LogP contribution in [0.15, 0.2) is 54.6 Å². The first kappa shape index (κ1) is 24.1. The molecule has 0 aromatic heterocycles. The molecule has 0 aliphatic rings. The smallest absolute Gasteiger partial charge is 0.408 e. The Morgan fingerprint density at radius 2 is 1.48 bits per heavy atom. The van der Waals surface area contributed by atoms with Gasteiger partial charge in [-0.05, 0) is 51.2 Å². The number of amides is 1. The Kier molecular flexibility index (Phi) is 8.79. The van der Waals surface area contributed by atoms with Crippen LogP contribution in [0.2, 0.25) is 0 Å². The number of aryl methyl sites for hydroxylation is 2. The number of carbonyl (C=O) groups is 3. The highest BCUT2D eigenvalue weighted by Crippen LogP contribution is 2.13. The fourth-order valence-corrected chi connectivity index (χ4v) is 3.05. The minimum absolute atomic E-state index is 0.0962. The zero-order valence-corrected chi connectivity index (χ0v) is 18.6. The number of benzene rings is 2. The van der Waals surface area contributed by atoms with Crippen molar-refractivity contribution in [2.45, 2.75) is 58.1 Å². The molecule has 6 heteroatoms. The second-order valence-electron chi connectivity index (χ2n) is 8.37. The van der Waals surface area contributed by atoms with Gasteiger partial charge in [-0.1, -0.05) is 54.6 Å². The van der Waals surface area contributed by atoms with Gasteiger partial charge in [0.15, 0.2) is 5.78 Å². The van der Waals surface area contributed by atoms with Gasteiger partial charge in [0.2, 0.25) is 0 Å². The fraction of sp³-hybridized carbons (Fsp3) is 0.400. The summed E-state index contributed by atoms with van der Waals surface area (Å²) >= 11 is 0. The highest BCUT2D eigenvalue weighted by Gasteiger charge is 2.25. The number of ketones is 1. The molecule has 1 amide bonds. The molecule has 2 aromatic rings. The largest absolute Gasteiger partial charge is 0.467 e. The summed E-state index contributed by atoms with van der Waals surface area (Å²) in [6.45, 7) is 5.19. The van der Waals surface area contributed by atoms with Gasteiger partial charge in [0.25, 0.3) is 0 Å². The lowest BCUT2D eigenvalue weighted by Crippen LogP contribution is -2.44. The average molecular weight is 426 g/mol. The Labute approximate surface area is 183 Å². The van der Waals surface area contributed by atoms with Crippen molar-refractivity contribution >= 4 is 17.8 Å². The molecule has 0 aliphatic carbocycles. The molecule has 1 atom stereocenters. The number of hydrogen-bond donors (Lipinski definition) is 1. The highest BCUT2D eigenvalue weighted by atomic mass is 16.6. The third kappa shape index (κ3) is 8.62. The molecule has 0 radical (unpaired) electrons. The van der Waals surface area contributed by atoms with Crippen molar-refractivity contribution < 1.29 is 23.9 Å². The van der Waals surface area contributed by atoms with Crippen LogP contribution in [-0.4, -0.2) is 36.6 Å². The van der Waals surface area contributed by atoms with E-state index in [9.17, 15) is 14.4 Å². The number of Topliss-reactive ketones (excluding diaryl/α,β-unsaturated/α-hetero) is 1. The van der Waals surface area contributed by atoms with Gasteiger partial charge in [-0.2, -0.15) is 0 Å². The maximum absolute atomic E-state index is 12.6. The molecule has 2 rings (SSSR count). The molecule has 166 valence electrons. The van der Waals surface area contributed by atoms with Gasteiger partial charge in [-0.15, -0.1) is 0 Å². The molecule has 0 saturated carbocycles. The van der Waals surface area contributed by atoms with E-state index in [1.807, 2.05) is 30.3 Å². The van der Waals surface area contributed by atoms with Crippen LogP contribution in [0.1, 0.15) is 55.1 Å². The molecular weight excluding hydrogens is 394 g/mol. The quantitative estimate of drug-likeness (QED) is 0.472. The second-order valence-corrected chi connectivity index (χ2v) is 8.37. The molecule has 0 saturated heterocycles. The minimum Gasteiger partial charge on any atom is -0.467 e. The van der Waals surface area contributed by atoms with Gasteiger partial charge < -0.3 is 14.8 Å². The monoisotopic (exact) mass is 425 g/mol. The fourth-order valence-electron chi connectivity index (χ4n) is 3.05. The first-order chi connectivity index (χ1) is 14.7. The van der Waals surface area contributed by atoms with E-state index in [1.54, 1.807) is 32.9 Å². The molecule has 0 fully saturated rings. The second kappa shape index (κ2) is 11.3. The van der Waals surface area contributed by atoms with E-state index in [0.717, 1.165) is 18.4 Å². The zero-order valence-electron chi connectivity index (χ0n) is 18.6. The average Bonchev–Trinajstić information content (AvgIpc) is 2.74. The van der Waals surface area contributed by atoms with Crippen molar-refractivity contribution in [3.8, 4) is 0 Å². The summed E-state index contributed by atoms with van der Waals surface area (Å²) in [4.78, 5) is 36.5. The number of nitrogens with one attached hydrogen (secondary N) is 1. The van der Waals surface area contributed by atoms with Crippen molar-refractivity contribution in [1.29, 1.82) is 0 Å². The number of ether oxygens (including phenoxy) is 2. The normalized spacial score (nSPS) is 12.0. The summed E-state index contributed by atoms with van der Waals surface area (Å²) in [7, 11) is 1.24. The van der Waals surface area contributed by atoms with Crippen molar-refractivity contribution in [2.75, 3.05) is 7.11 Å². The lowest BCUT2D eigenvalue weighted by molar-refractivity contribution is -0.143. The van der Waals surface area contributed by atoms with Gasteiger partial charge >= 0.3 is 12.1 Å². The molecule has 0 aliphatic heterocycles. The van der Waals surface area contributed by atoms with E-state index in [4.69, 9.17) is 9.47 Å². The van der Waals surface area contributed by atoms with E-state index in [0.29, 0.717) is 5.56 Å². The molecule has 0 heterocycles. The van der Waals surface area contributed by atoms with Gasteiger partial charge in [0.1, 0.15) is 11.6 Å². The lowest BCUT2D eigenvalue weighted by Gasteiger charge is -2.22. The molecular formula is C25H31NO5. The summed E-state index contributed by atoms with van der Waals surface area (Å²) < 4.78 is 9.92. The highest BCUT2D eigenvalue weighted by molar-refractivity contribution is 5.96. The summed E-state index contributed by atoms with van der Waals surface area (Å²) in [5.74, 6) is -0.718. The molecule has 1 N–H and O–H groups in total. The standard InChI is InChI=1S/C25H31NO5/c1-25(2,3)31-24(29)26-21(23(28)30-4)16-17-22(27)20-14-12-19(13-15-20)11-10-18-8-6-5-7-9-18/h5-9,12-15,21H,10-11,16-17H2,1-4H3,(H,26,29)/t21-/m0/s1. The van der Waals surface area contributed by atoms with E-state index in [1.165, 1.54) is 12.7 Å². The third-order valence-electron chi connectivity index (χ3n) is 4.66. The van der Waals surface area contributed by atoms with Crippen LogP contribution in [0, 0.1) is 0 Å². The van der Waals surface area contributed by atoms with Gasteiger partial charge in [-0.3, -0.25) is 4.79 Å². The van der Waals surface area contributed by atoms with Crippen LogP contribution in [0.25, 0.3) is 0 Å². The number of esters is 1. The van der Waals surface area contributed by atoms with Crippen LogP contribution in [0.3, 0.4) is 0 Å². The summed E-state index contributed by atoms with van der Waals surface area (Å²) in [6.07, 6.45) is 1.33. The van der Waals surface area contributed by atoms with E-state index >= 15 is 0 Å². The van der Waals surface area contributed by atoms with Gasteiger partial charge in [0.05, 0.1) is 7.11 Å². The predicted octanol–water partition coefficient (Wildman–Crippen LogP) is 4.50. The number of alkyl carbamates (subject to hydrolysis) is 1. The van der Waals surface area contributed by atoms with E-state index in [2.05, 4.69) is 17.4 Å². The zero-order chi connectivity index (χ0) is 22.9. The summed E-state index contributed by atoms with van der Waals surface area (Å²) in [6, 6.07) is 16.8. The molecule has 6 nitrogen and oxygen atoms in total. The van der Waals surface area contributed by atoms with Crippen molar-refractivity contribution in [3.05, 3.63) is 71.3 Å².